The van der Waals surface area contributed by atoms with E-state index < -0.39 is 0 Å². The number of aryl methyl sites for hydroxylation is 1. The van der Waals surface area contributed by atoms with E-state index in [1.165, 1.54) is 11.1 Å². The van der Waals surface area contributed by atoms with Crippen LogP contribution in [0.2, 0.25) is 0 Å². The minimum Gasteiger partial charge on any atom is -0.294 e. The Bertz CT molecular complexity index is 411. The molecule has 1 aliphatic carbocycles. The van der Waals surface area contributed by atoms with Gasteiger partial charge in [-0.3, -0.25) is 4.79 Å². The summed E-state index contributed by atoms with van der Waals surface area (Å²) in [7, 11) is 0. The first kappa shape index (κ1) is 10.2. The van der Waals surface area contributed by atoms with Crippen LogP contribution in [-0.2, 0) is 6.42 Å². The maximum absolute atomic E-state index is 12.1. The second-order valence-electron chi connectivity index (χ2n) is 4.41. The molecule has 0 aliphatic heterocycles. The number of benzene rings is 1. The van der Waals surface area contributed by atoms with Crippen LogP contribution in [0.25, 0.3) is 0 Å². The zero-order valence-electron chi connectivity index (χ0n) is 9.29. The van der Waals surface area contributed by atoms with Crippen molar-refractivity contribution in [1.29, 1.82) is 0 Å². The maximum atomic E-state index is 12.1. The van der Waals surface area contributed by atoms with E-state index in [9.17, 15) is 4.79 Å². The highest BCUT2D eigenvalue weighted by atomic mass is 16.1. The number of carbonyl (C=O) groups is 1. The number of fused-ring (bicyclic) bond motifs is 1. The molecule has 15 heavy (non-hydrogen) atoms. The van der Waals surface area contributed by atoms with Crippen molar-refractivity contribution in [2.45, 2.75) is 26.7 Å². The van der Waals surface area contributed by atoms with Gasteiger partial charge in [0, 0.05) is 11.5 Å². The van der Waals surface area contributed by atoms with Crippen molar-refractivity contribution in [3.05, 3.63) is 47.0 Å². The topological polar surface area (TPSA) is 17.1 Å². The molecule has 0 aromatic heterocycles. The Kier molecular flexibility index (Phi) is 2.72. The van der Waals surface area contributed by atoms with Crippen LogP contribution in [0.5, 0.6) is 0 Å². The molecule has 0 heterocycles. The summed E-state index contributed by atoms with van der Waals surface area (Å²) in [5.74, 6) is 0.392. The van der Waals surface area contributed by atoms with Crippen LogP contribution in [0.4, 0.5) is 0 Å². The fourth-order valence-corrected chi connectivity index (χ4v) is 2.18. The molecule has 1 heteroatoms. The third-order valence-electron chi connectivity index (χ3n) is 2.88. The largest absolute Gasteiger partial charge is 0.294 e. The molecule has 1 aromatic carbocycles. The first-order valence-electron chi connectivity index (χ1n) is 5.45. The lowest BCUT2D eigenvalue weighted by Crippen LogP contribution is -2.21. The molecular weight excluding hydrogens is 184 g/mol. The van der Waals surface area contributed by atoms with Gasteiger partial charge in [-0.25, -0.2) is 0 Å². The Balaban J connectivity index is 2.34. The van der Waals surface area contributed by atoms with Crippen molar-refractivity contribution in [1.82, 2.24) is 0 Å². The van der Waals surface area contributed by atoms with E-state index in [0.29, 0.717) is 0 Å². The lowest BCUT2D eigenvalue weighted by atomic mass is 9.82. The van der Waals surface area contributed by atoms with Gasteiger partial charge in [0.05, 0.1) is 0 Å². The lowest BCUT2D eigenvalue weighted by Gasteiger charge is -2.21. The molecule has 0 bridgehead atoms. The normalized spacial score (nSPS) is 19.6. The van der Waals surface area contributed by atoms with E-state index in [1.807, 2.05) is 32.0 Å². The molecule has 0 saturated carbocycles. The molecule has 0 fully saturated rings. The Morgan fingerprint density at radius 1 is 1.33 bits per heavy atom. The fraction of sp³-hybridized carbons (Fsp3) is 0.357. The zero-order valence-corrected chi connectivity index (χ0v) is 9.29. The summed E-state index contributed by atoms with van der Waals surface area (Å²) in [6.45, 7) is 4.10. The Morgan fingerprint density at radius 2 is 2.07 bits per heavy atom. The molecule has 0 N–H and O–H groups in total. The summed E-state index contributed by atoms with van der Waals surface area (Å²) in [6, 6.07) is 7.96. The van der Waals surface area contributed by atoms with Gasteiger partial charge in [0.25, 0.3) is 0 Å². The molecule has 1 atom stereocenters. The predicted molar refractivity (Wildman–Crippen MR) is 62.0 cm³/mol. The molecular formula is C14H16O. The lowest BCUT2D eigenvalue weighted by molar-refractivity contribution is 0.0930. The summed E-state index contributed by atoms with van der Waals surface area (Å²) in [5, 5.41) is 0. The summed E-state index contributed by atoms with van der Waals surface area (Å²) >= 11 is 0. The number of rotatable bonds is 1. The van der Waals surface area contributed by atoms with E-state index in [-0.39, 0.29) is 11.7 Å². The van der Waals surface area contributed by atoms with Crippen LogP contribution < -0.4 is 0 Å². The van der Waals surface area contributed by atoms with E-state index in [4.69, 9.17) is 0 Å². The highest BCUT2D eigenvalue weighted by Gasteiger charge is 2.24. The number of ketones is 1. The minimum absolute atomic E-state index is 0.102. The van der Waals surface area contributed by atoms with Crippen molar-refractivity contribution in [3.8, 4) is 0 Å². The number of Topliss-reactive ketones (excluding diaryl/α,β-unsaturated/α-hetero) is 1. The standard InChI is InChI=1S/C14H16O/c1-10(2)9-12-8-7-11-5-3-4-6-13(11)14(12)15/h3-6,9,12H,7-8H2,1-2H3. The van der Waals surface area contributed by atoms with Crippen molar-refractivity contribution in [2.24, 2.45) is 5.92 Å². The average molecular weight is 200 g/mol. The van der Waals surface area contributed by atoms with Gasteiger partial charge in [0.2, 0.25) is 0 Å². The zero-order chi connectivity index (χ0) is 10.8. The smallest absolute Gasteiger partial charge is 0.169 e. The van der Waals surface area contributed by atoms with Gasteiger partial charge in [-0.05, 0) is 32.3 Å². The van der Waals surface area contributed by atoms with E-state index in [0.717, 1.165) is 18.4 Å². The van der Waals surface area contributed by atoms with E-state index in [2.05, 4.69) is 12.1 Å². The monoisotopic (exact) mass is 200 g/mol. The molecule has 0 spiro atoms. The summed E-state index contributed by atoms with van der Waals surface area (Å²) < 4.78 is 0. The molecule has 1 aliphatic rings. The number of hydrogen-bond acceptors (Lipinski definition) is 1. The maximum Gasteiger partial charge on any atom is 0.169 e. The second kappa shape index (κ2) is 4.01. The molecule has 2 rings (SSSR count). The van der Waals surface area contributed by atoms with Crippen molar-refractivity contribution in [3.63, 3.8) is 0 Å². The van der Waals surface area contributed by atoms with Gasteiger partial charge < -0.3 is 0 Å². The molecule has 0 amide bonds. The summed E-state index contributed by atoms with van der Waals surface area (Å²) in [5.41, 5.74) is 3.36. The highest BCUT2D eigenvalue weighted by Crippen LogP contribution is 2.26. The van der Waals surface area contributed by atoms with Crippen LogP contribution in [0.15, 0.2) is 35.9 Å². The van der Waals surface area contributed by atoms with Crippen LogP contribution in [0.3, 0.4) is 0 Å². The van der Waals surface area contributed by atoms with Crippen molar-refractivity contribution >= 4 is 5.78 Å². The summed E-state index contributed by atoms with van der Waals surface area (Å²) in [4.78, 5) is 12.1. The third kappa shape index (κ3) is 2.01. The van der Waals surface area contributed by atoms with Gasteiger partial charge in [-0.1, -0.05) is 35.9 Å². The van der Waals surface area contributed by atoms with Crippen LogP contribution >= 0.6 is 0 Å². The number of hydrogen-bond donors (Lipinski definition) is 0. The van der Waals surface area contributed by atoms with Gasteiger partial charge in [0.1, 0.15) is 0 Å². The number of allylic oxidation sites excluding steroid dienone is 2. The minimum atomic E-state index is 0.102. The molecule has 1 nitrogen and oxygen atoms in total. The van der Waals surface area contributed by atoms with Crippen LogP contribution in [-0.4, -0.2) is 5.78 Å². The molecule has 1 unspecified atom stereocenters. The number of carbonyl (C=O) groups excluding carboxylic acids is 1. The van der Waals surface area contributed by atoms with Gasteiger partial charge >= 0.3 is 0 Å². The quantitative estimate of drug-likeness (QED) is 0.635. The SMILES string of the molecule is CC(C)=CC1CCc2ccccc2C1=O. The average Bonchev–Trinajstić information content (AvgIpc) is 2.22. The Hall–Kier alpha value is -1.37. The molecule has 78 valence electrons. The molecule has 0 radical (unpaired) electrons. The van der Waals surface area contributed by atoms with Crippen molar-refractivity contribution < 1.29 is 4.79 Å². The van der Waals surface area contributed by atoms with Crippen molar-refractivity contribution in [2.75, 3.05) is 0 Å². The Morgan fingerprint density at radius 3 is 2.80 bits per heavy atom. The van der Waals surface area contributed by atoms with Gasteiger partial charge in [0.15, 0.2) is 5.78 Å². The first-order valence-corrected chi connectivity index (χ1v) is 5.45. The molecule has 0 saturated heterocycles. The second-order valence-corrected chi connectivity index (χ2v) is 4.41. The van der Waals surface area contributed by atoms with Gasteiger partial charge in [-0.2, -0.15) is 0 Å². The van der Waals surface area contributed by atoms with Crippen LogP contribution in [0.1, 0.15) is 36.2 Å². The predicted octanol–water partition coefficient (Wildman–Crippen LogP) is 3.40. The first-order chi connectivity index (χ1) is 7.18. The highest BCUT2D eigenvalue weighted by molar-refractivity contribution is 6.01. The third-order valence-corrected chi connectivity index (χ3v) is 2.88. The van der Waals surface area contributed by atoms with Crippen LogP contribution in [0, 0.1) is 5.92 Å². The Labute approximate surface area is 90.8 Å². The fourth-order valence-electron chi connectivity index (χ4n) is 2.18. The summed E-state index contributed by atoms with van der Waals surface area (Å²) in [6.07, 6.45) is 4.08. The van der Waals surface area contributed by atoms with Gasteiger partial charge in [-0.15, -0.1) is 0 Å². The van der Waals surface area contributed by atoms with E-state index >= 15 is 0 Å². The van der Waals surface area contributed by atoms with E-state index in [1.54, 1.807) is 0 Å². The molecule has 1 aromatic rings.